The van der Waals surface area contributed by atoms with Gasteiger partial charge in [-0.2, -0.15) is 5.10 Å². The van der Waals surface area contributed by atoms with Gasteiger partial charge >= 0.3 is 0 Å². The van der Waals surface area contributed by atoms with Gasteiger partial charge in [-0.15, -0.1) is 0 Å². The molecular weight excluding hydrogens is 456 g/mol. The number of fused-ring (bicyclic) bond motifs is 1. The largest absolute Gasteiger partial charge is 0.439 e. The standard InChI is InChI=1S/C27H30N6O3/c1-27(2,18-34)26(35)33-13-11-32(12-14-33)17-21-5-3-19-15-22(6-7-23(19)30-21)36-25-8-4-20(16-28-25)24-9-10-29-31-24/h3-10,15-16,18,26,35H,11-14,17H2,1-2H3,(H,29,31). The van der Waals surface area contributed by atoms with Gasteiger partial charge in [0.05, 0.1) is 22.3 Å². The van der Waals surface area contributed by atoms with Crippen LogP contribution in [0.2, 0.25) is 0 Å². The number of nitrogens with one attached hydrogen (secondary N) is 1. The SMILES string of the molecule is CC(C)(C=O)C(O)N1CCN(Cc2ccc3cc(Oc4ccc(-c5ccn[nH]5)cn4)ccc3n2)CC1. The molecule has 1 aliphatic heterocycles. The second-order valence-corrected chi connectivity index (χ2v) is 9.74. The highest BCUT2D eigenvalue weighted by Gasteiger charge is 2.34. The molecule has 0 aliphatic carbocycles. The number of hydrogen-bond acceptors (Lipinski definition) is 8. The monoisotopic (exact) mass is 486 g/mol. The number of ether oxygens (including phenoxy) is 1. The van der Waals surface area contributed by atoms with Crippen LogP contribution in [0.1, 0.15) is 19.5 Å². The lowest BCUT2D eigenvalue weighted by Crippen LogP contribution is -2.54. The number of aromatic nitrogens is 4. The van der Waals surface area contributed by atoms with Crippen LogP contribution in [0.4, 0.5) is 0 Å². The zero-order valence-electron chi connectivity index (χ0n) is 20.5. The molecule has 0 amide bonds. The molecule has 2 N–H and O–H groups in total. The Morgan fingerprint density at radius 2 is 1.94 bits per heavy atom. The third-order valence-electron chi connectivity index (χ3n) is 6.60. The number of aliphatic hydroxyl groups excluding tert-OH is 1. The van der Waals surface area contributed by atoms with Gasteiger partial charge in [0.25, 0.3) is 0 Å². The number of aldehydes is 1. The van der Waals surface area contributed by atoms with Gasteiger partial charge in [-0.25, -0.2) is 4.98 Å². The summed E-state index contributed by atoms with van der Waals surface area (Å²) in [6, 6.07) is 15.6. The van der Waals surface area contributed by atoms with Crippen LogP contribution in [0.5, 0.6) is 11.6 Å². The van der Waals surface area contributed by atoms with Crippen molar-refractivity contribution in [1.29, 1.82) is 0 Å². The van der Waals surface area contributed by atoms with Crippen molar-refractivity contribution >= 4 is 17.2 Å². The number of carbonyl (C=O) groups excluding carboxylic acids is 1. The Morgan fingerprint density at radius 3 is 2.64 bits per heavy atom. The third-order valence-corrected chi connectivity index (χ3v) is 6.60. The number of rotatable bonds is 8. The van der Waals surface area contributed by atoms with Crippen LogP contribution < -0.4 is 4.74 Å². The summed E-state index contributed by atoms with van der Waals surface area (Å²) in [6.07, 6.45) is 3.52. The molecule has 186 valence electrons. The third kappa shape index (κ3) is 5.28. The number of nitrogens with zero attached hydrogens (tertiary/aromatic N) is 5. The van der Waals surface area contributed by atoms with Crippen molar-refractivity contribution in [3.8, 4) is 22.9 Å². The first-order valence-electron chi connectivity index (χ1n) is 12.1. The van der Waals surface area contributed by atoms with Crippen LogP contribution in [0.25, 0.3) is 22.2 Å². The number of aliphatic hydroxyl groups is 1. The predicted octanol–water partition coefficient (Wildman–Crippen LogP) is 3.47. The van der Waals surface area contributed by atoms with Gasteiger partial charge in [0.1, 0.15) is 18.3 Å². The molecule has 9 heteroatoms. The lowest BCUT2D eigenvalue weighted by atomic mass is 9.92. The van der Waals surface area contributed by atoms with Crippen LogP contribution in [0.15, 0.2) is 60.9 Å². The maximum absolute atomic E-state index is 11.3. The average Bonchev–Trinajstić information content (AvgIpc) is 3.44. The minimum absolute atomic E-state index is 0.517. The summed E-state index contributed by atoms with van der Waals surface area (Å²) >= 11 is 0. The Balaban J connectivity index is 1.19. The first-order chi connectivity index (χ1) is 17.4. The number of aromatic amines is 1. The quantitative estimate of drug-likeness (QED) is 0.365. The molecular formula is C27H30N6O3. The molecule has 36 heavy (non-hydrogen) atoms. The molecule has 0 saturated carbocycles. The van der Waals surface area contributed by atoms with Gasteiger partial charge in [-0.1, -0.05) is 6.07 Å². The summed E-state index contributed by atoms with van der Waals surface area (Å²) in [5.41, 5.74) is 2.98. The van der Waals surface area contributed by atoms with E-state index in [0.29, 0.717) is 24.7 Å². The predicted molar refractivity (Wildman–Crippen MR) is 136 cm³/mol. The highest BCUT2D eigenvalue weighted by Crippen LogP contribution is 2.26. The van der Waals surface area contributed by atoms with Crippen molar-refractivity contribution < 1.29 is 14.6 Å². The molecule has 1 atom stereocenters. The fourth-order valence-corrected chi connectivity index (χ4v) is 4.36. The van der Waals surface area contributed by atoms with E-state index in [0.717, 1.165) is 53.8 Å². The number of piperazine rings is 1. The Hall–Kier alpha value is -3.66. The van der Waals surface area contributed by atoms with Crippen LogP contribution in [0, 0.1) is 5.41 Å². The molecule has 5 rings (SSSR count). The molecule has 9 nitrogen and oxygen atoms in total. The van der Waals surface area contributed by atoms with E-state index in [1.807, 2.05) is 47.4 Å². The molecule has 4 heterocycles. The van der Waals surface area contributed by atoms with E-state index >= 15 is 0 Å². The summed E-state index contributed by atoms with van der Waals surface area (Å²) in [5.74, 6) is 1.22. The molecule has 4 aromatic rings. The van der Waals surface area contributed by atoms with E-state index in [9.17, 15) is 9.90 Å². The summed E-state index contributed by atoms with van der Waals surface area (Å²) in [5, 5.41) is 18.4. The summed E-state index contributed by atoms with van der Waals surface area (Å²) in [7, 11) is 0. The number of pyridine rings is 2. The molecule has 0 bridgehead atoms. The minimum Gasteiger partial charge on any atom is -0.439 e. The van der Waals surface area contributed by atoms with Gasteiger partial charge in [0, 0.05) is 62.1 Å². The Morgan fingerprint density at radius 1 is 1.11 bits per heavy atom. The van der Waals surface area contributed by atoms with E-state index in [1.54, 1.807) is 26.2 Å². The first kappa shape index (κ1) is 24.1. The van der Waals surface area contributed by atoms with E-state index in [-0.39, 0.29) is 0 Å². The highest BCUT2D eigenvalue weighted by atomic mass is 16.5. The first-order valence-corrected chi connectivity index (χ1v) is 12.1. The summed E-state index contributed by atoms with van der Waals surface area (Å²) in [4.78, 5) is 24.8. The van der Waals surface area contributed by atoms with Crippen LogP contribution >= 0.6 is 0 Å². The fraction of sp³-hybridized carbons (Fsp3) is 0.333. The van der Waals surface area contributed by atoms with Crippen molar-refractivity contribution in [3.63, 3.8) is 0 Å². The molecule has 1 fully saturated rings. The lowest BCUT2D eigenvalue weighted by Gasteiger charge is -2.41. The van der Waals surface area contributed by atoms with E-state index in [2.05, 4.69) is 26.1 Å². The molecule has 1 unspecified atom stereocenters. The van der Waals surface area contributed by atoms with Crippen LogP contribution in [-0.4, -0.2) is 73.8 Å². The maximum atomic E-state index is 11.3. The molecule has 1 saturated heterocycles. The summed E-state index contributed by atoms with van der Waals surface area (Å²) < 4.78 is 5.95. The van der Waals surface area contributed by atoms with E-state index in [1.165, 1.54) is 0 Å². The second kappa shape index (κ2) is 10.1. The summed E-state index contributed by atoms with van der Waals surface area (Å²) in [6.45, 7) is 7.31. The van der Waals surface area contributed by atoms with Crippen LogP contribution in [-0.2, 0) is 11.3 Å². The molecule has 0 radical (unpaired) electrons. The lowest BCUT2D eigenvalue weighted by molar-refractivity contribution is -0.134. The highest BCUT2D eigenvalue weighted by molar-refractivity contribution is 5.80. The Labute approximate surface area is 209 Å². The topological polar surface area (TPSA) is 107 Å². The van der Waals surface area contributed by atoms with Gasteiger partial charge in [-0.05, 0) is 50.2 Å². The van der Waals surface area contributed by atoms with Gasteiger partial charge in [-0.3, -0.25) is 19.9 Å². The average molecular weight is 487 g/mol. The van der Waals surface area contributed by atoms with Crippen molar-refractivity contribution in [2.24, 2.45) is 5.41 Å². The van der Waals surface area contributed by atoms with E-state index < -0.39 is 11.6 Å². The molecule has 3 aromatic heterocycles. The number of carbonyl (C=O) groups is 1. The number of hydrogen-bond donors (Lipinski definition) is 2. The van der Waals surface area contributed by atoms with Gasteiger partial charge in [0.15, 0.2) is 0 Å². The van der Waals surface area contributed by atoms with Crippen molar-refractivity contribution in [1.82, 2.24) is 30.0 Å². The number of benzene rings is 1. The Bertz CT molecular complexity index is 1320. The van der Waals surface area contributed by atoms with Gasteiger partial charge < -0.3 is 14.6 Å². The second-order valence-electron chi connectivity index (χ2n) is 9.74. The number of H-pyrrole nitrogens is 1. The van der Waals surface area contributed by atoms with Crippen molar-refractivity contribution in [2.45, 2.75) is 26.6 Å². The zero-order valence-corrected chi connectivity index (χ0v) is 20.5. The fourth-order valence-electron chi connectivity index (χ4n) is 4.36. The van der Waals surface area contributed by atoms with Crippen molar-refractivity contribution in [2.75, 3.05) is 26.2 Å². The smallest absolute Gasteiger partial charge is 0.219 e. The van der Waals surface area contributed by atoms with Crippen LogP contribution in [0.3, 0.4) is 0 Å². The van der Waals surface area contributed by atoms with Gasteiger partial charge in [0.2, 0.25) is 5.88 Å². The molecule has 1 aromatic carbocycles. The minimum atomic E-state index is -0.773. The Kier molecular flexibility index (Phi) is 6.77. The molecule has 1 aliphatic rings. The zero-order chi connectivity index (χ0) is 25.1. The van der Waals surface area contributed by atoms with E-state index in [4.69, 9.17) is 9.72 Å². The maximum Gasteiger partial charge on any atom is 0.219 e. The normalized spacial score (nSPS) is 16.2. The molecule has 0 spiro atoms. The van der Waals surface area contributed by atoms with Crippen molar-refractivity contribution in [3.05, 3.63) is 66.6 Å².